The first kappa shape index (κ1) is 22.1. The summed E-state index contributed by atoms with van der Waals surface area (Å²) in [5.74, 6) is 0.704. The average Bonchev–Trinajstić information content (AvgIpc) is 2.82. The Balaban J connectivity index is 1.98. The van der Waals surface area contributed by atoms with Crippen molar-refractivity contribution in [2.45, 2.75) is 13.8 Å². The summed E-state index contributed by atoms with van der Waals surface area (Å²) in [5, 5.41) is 7.12. The highest BCUT2D eigenvalue weighted by molar-refractivity contribution is 8.23. The fourth-order valence-electron chi connectivity index (χ4n) is 3.03. The molecule has 0 saturated carbocycles. The van der Waals surface area contributed by atoms with Crippen molar-refractivity contribution in [2.24, 2.45) is 5.10 Å². The molecule has 154 valence electrons. The molecule has 5 heteroatoms. The zero-order valence-electron chi connectivity index (χ0n) is 17.4. The zero-order valence-corrected chi connectivity index (χ0v) is 19.1. The monoisotopic (exact) mass is 433 g/mol. The fraction of sp³-hybridized carbons (Fsp3) is 0.200. The van der Waals surface area contributed by atoms with E-state index in [1.807, 2.05) is 59.6 Å². The molecule has 0 aliphatic rings. The summed E-state index contributed by atoms with van der Waals surface area (Å²) in [7, 11) is 0. The van der Waals surface area contributed by atoms with Crippen LogP contribution in [0, 0.1) is 0 Å². The molecule has 0 aliphatic carbocycles. The number of thiocarbonyl (C=S) groups is 1. The number of benzene rings is 3. The predicted octanol–water partition coefficient (Wildman–Crippen LogP) is 6.59. The molecule has 3 aromatic carbocycles. The molecule has 0 heterocycles. The number of thioether (sulfide) groups is 1. The third kappa shape index (κ3) is 5.94. The van der Waals surface area contributed by atoms with Gasteiger partial charge in [0, 0.05) is 18.8 Å². The number of hydrazone groups is 1. The van der Waals surface area contributed by atoms with Crippen LogP contribution in [0.25, 0.3) is 0 Å². The Bertz CT molecular complexity index is 900. The Hall–Kier alpha value is -2.63. The third-order valence-corrected chi connectivity index (χ3v) is 6.22. The number of hydrogen-bond donors (Lipinski definition) is 0. The molecule has 0 fully saturated rings. The molecule has 0 unspecified atom stereocenters. The highest BCUT2D eigenvalue weighted by atomic mass is 32.2. The van der Waals surface area contributed by atoms with E-state index in [0.717, 1.165) is 40.1 Å². The van der Waals surface area contributed by atoms with Crippen molar-refractivity contribution in [3.63, 3.8) is 0 Å². The Morgan fingerprint density at radius 1 is 0.767 bits per heavy atom. The molecule has 0 radical (unpaired) electrons. The first-order chi connectivity index (χ1) is 14.7. The number of nitrogens with zero attached hydrogens (tertiary/aromatic N) is 3. The van der Waals surface area contributed by atoms with Gasteiger partial charge in [0.05, 0.1) is 17.1 Å². The molecule has 0 aromatic heterocycles. The standard InChI is InChI=1S/C25H27N3S2/c1-3-27(4-2)25(29)30-20-24(21-14-8-5-9-15-21)26-28(22-16-10-6-11-17-22)23-18-12-7-13-19-23/h5-19H,3-4,20H2,1-2H3. The van der Waals surface area contributed by atoms with E-state index in [1.165, 1.54) is 0 Å². The first-order valence-corrected chi connectivity index (χ1v) is 11.6. The molecule has 3 rings (SSSR count). The van der Waals surface area contributed by atoms with Gasteiger partial charge in [-0.1, -0.05) is 90.7 Å². The van der Waals surface area contributed by atoms with Crippen LogP contribution in [-0.2, 0) is 0 Å². The van der Waals surface area contributed by atoms with Gasteiger partial charge in [-0.2, -0.15) is 5.10 Å². The van der Waals surface area contributed by atoms with E-state index in [1.54, 1.807) is 11.8 Å². The summed E-state index contributed by atoms with van der Waals surface area (Å²) in [6, 6.07) is 30.8. The predicted molar refractivity (Wildman–Crippen MR) is 136 cm³/mol. The van der Waals surface area contributed by atoms with E-state index in [4.69, 9.17) is 17.3 Å². The van der Waals surface area contributed by atoms with Crippen LogP contribution in [-0.4, -0.2) is 33.8 Å². The lowest BCUT2D eigenvalue weighted by Crippen LogP contribution is -2.27. The molecular weight excluding hydrogens is 406 g/mol. The van der Waals surface area contributed by atoms with Crippen molar-refractivity contribution in [2.75, 3.05) is 23.9 Å². The number of anilines is 2. The van der Waals surface area contributed by atoms with Crippen molar-refractivity contribution in [1.29, 1.82) is 0 Å². The smallest absolute Gasteiger partial charge is 0.136 e. The largest absolute Gasteiger partial charge is 0.358 e. The van der Waals surface area contributed by atoms with Gasteiger partial charge in [-0.25, -0.2) is 5.01 Å². The third-order valence-electron chi connectivity index (χ3n) is 4.68. The highest BCUT2D eigenvalue weighted by Gasteiger charge is 2.14. The number of para-hydroxylation sites is 2. The average molecular weight is 434 g/mol. The summed E-state index contributed by atoms with van der Waals surface area (Å²) < 4.78 is 0.912. The molecule has 0 spiro atoms. The van der Waals surface area contributed by atoms with E-state index in [2.05, 4.69) is 55.1 Å². The molecule has 0 saturated heterocycles. The van der Waals surface area contributed by atoms with Crippen LogP contribution in [0.4, 0.5) is 11.4 Å². The maximum atomic E-state index is 5.66. The van der Waals surface area contributed by atoms with Crippen molar-refractivity contribution in [3.05, 3.63) is 96.6 Å². The van der Waals surface area contributed by atoms with Gasteiger partial charge in [0.2, 0.25) is 0 Å². The van der Waals surface area contributed by atoms with E-state index < -0.39 is 0 Å². The number of hydrogen-bond acceptors (Lipinski definition) is 4. The lowest BCUT2D eigenvalue weighted by molar-refractivity contribution is 0.482. The van der Waals surface area contributed by atoms with E-state index in [0.29, 0.717) is 5.75 Å². The second-order valence-corrected chi connectivity index (χ2v) is 8.23. The minimum atomic E-state index is 0.704. The van der Waals surface area contributed by atoms with Crippen molar-refractivity contribution in [1.82, 2.24) is 4.90 Å². The second-order valence-electron chi connectivity index (χ2n) is 6.62. The van der Waals surface area contributed by atoms with Crippen molar-refractivity contribution >= 4 is 45.4 Å². The Kier molecular flexibility index (Phi) is 8.48. The first-order valence-electron chi connectivity index (χ1n) is 10.2. The van der Waals surface area contributed by atoms with Gasteiger partial charge in [0.25, 0.3) is 0 Å². The van der Waals surface area contributed by atoms with Gasteiger partial charge in [-0.15, -0.1) is 0 Å². The summed E-state index contributed by atoms with van der Waals surface area (Å²) in [6.07, 6.45) is 0. The molecular formula is C25H27N3S2. The molecule has 0 amide bonds. The quantitative estimate of drug-likeness (QED) is 0.227. The lowest BCUT2D eigenvalue weighted by Gasteiger charge is -2.23. The molecule has 0 aliphatic heterocycles. The summed E-state index contributed by atoms with van der Waals surface area (Å²) in [5.41, 5.74) is 4.13. The van der Waals surface area contributed by atoms with Gasteiger partial charge >= 0.3 is 0 Å². The molecule has 0 bridgehead atoms. The summed E-state index contributed by atoms with van der Waals surface area (Å²) in [4.78, 5) is 2.20. The molecule has 0 N–H and O–H groups in total. The topological polar surface area (TPSA) is 18.8 Å². The molecule has 3 nitrogen and oxygen atoms in total. The van der Waals surface area contributed by atoms with Gasteiger partial charge in [0.1, 0.15) is 4.32 Å². The summed E-state index contributed by atoms with van der Waals surface area (Å²) >= 11 is 7.33. The maximum absolute atomic E-state index is 5.66. The minimum absolute atomic E-state index is 0.704. The van der Waals surface area contributed by atoms with Crippen LogP contribution in [0.3, 0.4) is 0 Å². The fourth-order valence-corrected chi connectivity index (χ4v) is 4.39. The molecule has 30 heavy (non-hydrogen) atoms. The SMILES string of the molecule is CCN(CC)C(=S)SCC(=NN(c1ccccc1)c1ccccc1)c1ccccc1. The lowest BCUT2D eigenvalue weighted by atomic mass is 10.1. The van der Waals surface area contributed by atoms with E-state index in [9.17, 15) is 0 Å². The highest BCUT2D eigenvalue weighted by Crippen LogP contribution is 2.26. The second kappa shape index (κ2) is 11.5. The van der Waals surface area contributed by atoms with Crippen LogP contribution in [0.5, 0.6) is 0 Å². The Morgan fingerprint density at radius 2 is 1.23 bits per heavy atom. The van der Waals surface area contributed by atoms with Crippen LogP contribution >= 0.6 is 24.0 Å². The summed E-state index contributed by atoms with van der Waals surface area (Å²) in [6.45, 7) is 6.10. The van der Waals surface area contributed by atoms with E-state index >= 15 is 0 Å². The van der Waals surface area contributed by atoms with Crippen LogP contribution in [0.2, 0.25) is 0 Å². The zero-order chi connectivity index (χ0) is 21.2. The minimum Gasteiger partial charge on any atom is -0.358 e. The molecule has 3 aromatic rings. The Morgan fingerprint density at radius 3 is 1.70 bits per heavy atom. The van der Waals surface area contributed by atoms with E-state index in [-0.39, 0.29) is 0 Å². The van der Waals surface area contributed by atoms with Crippen LogP contribution in [0.1, 0.15) is 19.4 Å². The Labute approximate surface area is 189 Å². The normalized spacial score (nSPS) is 11.2. The number of rotatable bonds is 8. The van der Waals surface area contributed by atoms with Crippen LogP contribution < -0.4 is 5.01 Å². The van der Waals surface area contributed by atoms with Crippen molar-refractivity contribution < 1.29 is 0 Å². The maximum Gasteiger partial charge on any atom is 0.136 e. The van der Waals surface area contributed by atoms with Gasteiger partial charge < -0.3 is 4.90 Å². The van der Waals surface area contributed by atoms with Gasteiger partial charge in [0.15, 0.2) is 0 Å². The van der Waals surface area contributed by atoms with Gasteiger partial charge in [-0.3, -0.25) is 0 Å². The van der Waals surface area contributed by atoms with Gasteiger partial charge in [-0.05, 0) is 43.7 Å². The van der Waals surface area contributed by atoms with Crippen LogP contribution in [0.15, 0.2) is 96.1 Å². The molecule has 0 atom stereocenters. The van der Waals surface area contributed by atoms with Crippen molar-refractivity contribution in [3.8, 4) is 0 Å².